The fraction of sp³-hybridized carbons (Fsp3) is 0.667. The predicted octanol–water partition coefficient (Wildman–Crippen LogP) is 0.270. The lowest BCUT2D eigenvalue weighted by atomic mass is 10.0. The first-order valence-electron chi connectivity index (χ1n) is 6.51. The highest BCUT2D eigenvalue weighted by atomic mass is 32.2. The van der Waals surface area contributed by atoms with Crippen molar-refractivity contribution in [3.05, 3.63) is 18.0 Å². The molecule has 7 heteroatoms. The summed E-state index contributed by atoms with van der Waals surface area (Å²) in [6.45, 7) is 1.25. The molecule has 1 saturated heterocycles. The van der Waals surface area contributed by atoms with Gasteiger partial charge in [0.25, 0.3) is 0 Å². The molecule has 6 nitrogen and oxygen atoms in total. The van der Waals surface area contributed by atoms with Crippen molar-refractivity contribution < 1.29 is 13.5 Å². The molecule has 19 heavy (non-hydrogen) atoms. The van der Waals surface area contributed by atoms with E-state index in [2.05, 4.69) is 14.6 Å². The third-order valence-electron chi connectivity index (χ3n) is 3.63. The van der Waals surface area contributed by atoms with Crippen molar-refractivity contribution >= 4 is 10.0 Å². The fourth-order valence-corrected chi connectivity index (χ4v) is 3.45. The van der Waals surface area contributed by atoms with Crippen molar-refractivity contribution in [1.82, 2.24) is 14.6 Å². The lowest BCUT2D eigenvalue weighted by Gasteiger charge is -2.32. The van der Waals surface area contributed by atoms with Gasteiger partial charge in [-0.15, -0.1) is 0 Å². The molecule has 1 atom stereocenters. The standard InChI is InChI=1S/C12H21N3O3S/c1-15-5-3-2-4-11(15)7-14-19(17,18)12-6-10(9-16)13-8-12/h6,8,11,13-14,16H,2-5,7,9H2,1H3. The maximum absolute atomic E-state index is 12.1. The van der Waals surface area contributed by atoms with Crippen LogP contribution in [0.15, 0.2) is 17.2 Å². The molecule has 3 N–H and O–H groups in total. The molecule has 0 aromatic carbocycles. The van der Waals surface area contributed by atoms with Gasteiger partial charge in [-0.3, -0.25) is 0 Å². The minimum Gasteiger partial charge on any atom is -0.390 e. The number of aromatic nitrogens is 1. The highest BCUT2D eigenvalue weighted by Crippen LogP contribution is 2.16. The molecule has 0 aliphatic carbocycles. The average molecular weight is 287 g/mol. The van der Waals surface area contributed by atoms with Crippen molar-refractivity contribution in [1.29, 1.82) is 0 Å². The van der Waals surface area contributed by atoms with Gasteiger partial charge < -0.3 is 15.0 Å². The Morgan fingerprint density at radius 3 is 2.95 bits per heavy atom. The second kappa shape index (κ2) is 6.04. The van der Waals surface area contributed by atoms with E-state index in [-0.39, 0.29) is 17.5 Å². The smallest absolute Gasteiger partial charge is 0.242 e. The van der Waals surface area contributed by atoms with E-state index in [0.29, 0.717) is 12.2 Å². The van der Waals surface area contributed by atoms with Crippen LogP contribution in [0.25, 0.3) is 0 Å². The summed E-state index contributed by atoms with van der Waals surface area (Å²) in [6, 6.07) is 1.71. The van der Waals surface area contributed by atoms with Gasteiger partial charge in [-0.05, 0) is 32.5 Å². The molecular weight excluding hydrogens is 266 g/mol. The molecule has 0 saturated carbocycles. The van der Waals surface area contributed by atoms with Crippen LogP contribution in [0.5, 0.6) is 0 Å². The Morgan fingerprint density at radius 2 is 2.32 bits per heavy atom. The molecule has 1 aromatic rings. The van der Waals surface area contributed by atoms with Gasteiger partial charge in [-0.1, -0.05) is 6.42 Å². The number of sulfonamides is 1. The summed E-state index contributed by atoms with van der Waals surface area (Å²) in [5, 5.41) is 8.93. The number of likely N-dealkylation sites (tertiary alicyclic amines) is 1. The number of nitrogens with one attached hydrogen (secondary N) is 2. The highest BCUT2D eigenvalue weighted by Gasteiger charge is 2.22. The SMILES string of the molecule is CN1CCCCC1CNS(=O)(=O)c1c[nH]c(CO)c1. The van der Waals surface area contributed by atoms with Crippen molar-refractivity contribution in [2.45, 2.75) is 36.8 Å². The summed E-state index contributed by atoms with van der Waals surface area (Å²) in [5.41, 5.74) is 0.496. The predicted molar refractivity (Wildman–Crippen MR) is 72.2 cm³/mol. The molecule has 1 unspecified atom stereocenters. The van der Waals surface area contributed by atoms with Gasteiger partial charge in [0.2, 0.25) is 10.0 Å². The van der Waals surface area contributed by atoms with Crippen LogP contribution in [0.2, 0.25) is 0 Å². The number of likely N-dealkylation sites (N-methyl/N-ethyl adjacent to an activating group) is 1. The number of aliphatic hydroxyl groups is 1. The number of piperidine rings is 1. The summed E-state index contributed by atoms with van der Waals surface area (Å²) in [5.74, 6) is 0. The summed E-state index contributed by atoms with van der Waals surface area (Å²) in [4.78, 5) is 5.10. The average Bonchev–Trinajstić information content (AvgIpc) is 2.87. The lowest BCUT2D eigenvalue weighted by Crippen LogP contribution is -2.44. The van der Waals surface area contributed by atoms with Crippen LogP contribution in [0.4, 0.5) is 0 Å². The normalized spacial score (nSPS) is 21.7. The Bertz CT molecular complexity index is 512. The molecule has 0 bridgehead atoms. The quantitative estimate of drug-likeness (QED) is 0.725. The van der Waals surface area contributed by atoms with E-state index in [1.165, 1.54) is 18.7 Å². The molecular formula is C12H21N3O3S. The largest absolute Gasteiger partial charge is 0.390 e. The highest BCUT2D eigenvalue weighted by molar-refractivity contribution is 7.89. The van der Waals surface area contributed by atoms with Gasteiger partial charge in [0.05, 0.1) is 11.5 Å². The second-order valence-corrected chi connectivity index (χ2v) is 6.77. The van der Waals surface area contributed by atoms with Crippen LogP contribution in [-0.4, -0.2) is 49.6 Å². The summed E-state index contributed by atoms with van der Waals surface area (Å²) in [7, 11) is -1.47. The van der Waals surface area contributed by atoms with Crippen molar-refractivity contribution in [3.63, 3.8) is 0 Å². The molecule has 0 radical (unpaired) electrons. The molecule has 2 heterocycles. The van der Waals surface area contributed by atoms with Gasteiger partial charge >= 0.3 is 0 Å². The second-order valence-electron chi connectivity index (χ2n) is 5.00. The van der Waals surface area contributed by atoms with E-state index in [4.69, 9.17) is 5.11 Å². The number of aromatic amines is 1. The third-order valence-corrected chi connectivity index (χ3v) is 5.03. The Hall–Kier alpha value is -0.890. The summed E-state index contributed by atoms with van der Waals surface area (Å²) in [6.07, 6.45) is 4.75. The maximum atomic E-state index is 12.1. The Kier molecular flexibility index (Phi) is 4.62. The number of hydrogen-bond acceptors (Lipinski definition) is 4. The molecule has 1 fully saturated rings. The van der Waals surface area contributed by atoms with Crippen LogP contribution in [0.1, 0.15) is 25.0 Å². The minimum absolute atomic E-state index is 0.176. The zero-order valence-electron chi connectivity index (χ0n) is 11.1. The van der Waals surface area contributed by atoms with Gasteiger partial charge in [-0.2, -0.15) is 0 Å². The fourth-order valence-electron chi connectivity index (χ4n) is 2.36. The summed E-state index contributed by atoms with van der Waals surface area (Å²) < 4.78 is 26.8. The Labute approximate surface area is 113 Å². The van der Waals surface area contributed by atoms with E-state index in [9.17, 15) is 8.42 Å². The first-order chi connectivity index (χ1) is 9.03. The first-order valence-corrected chi connectivity index (χ1v) is 7.99. The number of hydrogen-bond donors (Lipinski definition) is 3. The molecule has 2 rings (SSSR count). The van der Waals surface area contributed by atoms with Crippen LogP contribution < -0.4 is 4.72 Å². The Balaban J connectivity index is 1.97. The van der Waals surface area contributed by atoms with Crippen LogP contribution >= 0.6 is 0 Å². The topological polar surface area (TPSA) is 85.4 Å². The molecule has 108 valence electrons. The lowest BCUT2D eigenvalue weighted by molar-refractivity contribution is 0.187. The zero-order valence-corrected chi connectivity index (χ0v) is 11.9. The van der Waals surface area contributed by atoms with Crippen molar-refractivity contribution in [2.24, 2.45) is 0 Å². The van der Waals surface area contributed by atoms with Crippen LogP contribution in [-0.2, 0) is 16.6 Å². The molecule has 1 aliphatic heterocycles. The number of aliphatic hydroxyl groups excluding tert-OH is 1. The third kappa shape index (κ3) is 3.56. The van der Waals surface area contributed by atoms with Crippen molar-refractivity contribution in [2.75, 3.05) is 20.1 Å². The van der Waals surface area contributed by atoms with E-state index in [1.807, 2.05) is 7.05 Å². The molecule has 1 aliphatic rings. The Morgan fingerprint density at radius 1 is 1.53 bits per heavy atom. The summed E-state index contributed by atoms with van der Waals surface area (Å²) >= 11 is 0. The zero-order chi connectivity index (χ0) is 13.9. The number of H-pyrrole nitrogens is 1. The van der Waals surface area contributed by atoms with E-state index in [0.717, 1.165) is 19.4 Å². The monoisotopic (exact) mass is 287 g/mol. The minimum atomic E-state index is -3.49. The molecule has 0 spiro atoms. The van der Waals surface area contributed by atoms with Crippen LogP contribution in [0.3, 0.4) is 0 Å². The van der Waals surface area contributed by atoms with Crippen molar-refractivity contribution in [3.8, 4) is 0 Å². The maximum Gasteiger partial charge on any atom is 0.242 e. The van der Waals surface area contributed by atoms with Crippen LogP contribution in [0, 0.1) is 0 Å². The molecule has 1 aromatic heterocycles. The van der Waals surface area contributed by atoms with E-state index >= 15 is 0 Å². The number of rotatable bonds is 5. The van der Waals surface area contributed by atoms with Gasteiger partial charge in [-0.25, -0.2) is 13.1 Å². The van der Waals surface area contributed by atoms with E-state index in [1.54, 1.807) is 0 Å². The van der Waals surface area contributed by atoms with Gasteiger partial charge in [0, 0.05) is 24.5 Å². The molecule has 0 amide bonds. The van der Waals surface area contributed by atoms with Gasteiger partial charge in [0.1, 0.15) is 0 Å². The van der Waals surface area contributed by atoms with Gasteiger partial charge in [0.15, 0.2) is 0 Å². The first kappa shape index (κ1) is 14.5. The number of nitrogens with zero attached hydrogens (tertiary/aromatic N) is 1. The van der Waals surface area contributed by atoms with E-state index < -0.39 is 10.0 Å².